The topological polar surface area (TPSA) is 37.4 Å². The van der Waals surface area contributed by atoms with Crippen molar-refractivity contribution in [1.29, 1.82) is 0 Å². The number of benzene rings is 1. The van der Waals surface area contributed by atoms with Gasteiger partial charge in [-0.3, -0.25) is 9.59 Å². The predicted molar refractivity (Wildman–Crippen MR) is 88.7 cm³/mol. The minimum atomic E-state index is 0.000613. The van der Waals surface area contributed by atoms with E-state index >= 15 is 0 Å². The normalized spacial score (nSPS) is 22.9. The van der Waals surface area contributed by atoms with E-state index in [1.54, 1.807) is 24.1 Å². The quantitative estimate of drug-likeness (QED) is 0.776. The van der Waals surface area contributed by atoms with E-state index in [1.165, 1.54) is 12.8 Å². The van der Waals surface area contributed by atoms with Crippen LogP contribution < -0.4 is 0 Å². The van der Waals surface area contributed by atoms with Gasteiger partial charge in [-0.25, -0.2) is 0 Å². The Labute approximate surface area is 133 Å². The Morgan fingerprint density at radius 1 is 1.23 bits per heavy atom. The minimum absolute atomic E-state index is 0.000613. The summed E-state index contributed by atoms with van der Waals surface area (Å²) in [6.45, 7) is 4.45. The largest absolute Gasteiger partial charge is 0.338 e. The van der Waals surface area contributed by atoms with Crippen molar-refractivity contribution in [2.75, 3.05) is 13.6 Å². The summed E-state index contributed by atoms with van der Waals surface area (Å²) in [6.07, 6.45) is 4.76. The smallest absolute Gasteiger partial charge is 0.225 e. The third-order valence-corrected chi connectivity index (χ3v) is 4.93. The molecule has 3 atom stereocenters. The van der Waals surface area contributed by atoms with E-state index in [0.717, 1.165) is 12.8 Å². The number of Topliss-reactive ketones (excluding diaryl/α,β-unsaturated/α-hetero) is 1. The Morgan fingerprint density at radius 3 is 2.55 bits per heavy atom. The average molecular weight is 301 g/mol. The molecule has 22 heavy (non-hydrogen) atoms. The van der Waals surface area contributed by atoms with Crippen molar-refractivity contribution in [3.8, 4) is 0 Å². The van der Waals surface area contributed by atoms with Crippen LogP contribution in [0.1, 0.15) is 49.9 Å². The number of hydrogen-bond donors (Lipinski definition) is 0. The molecule has 120 valence electrons. The van der Waals surface area contributed by atoms with Crippen LogP contribution in [-0.4, -0.2) is 30.2 Å². The molecule has 0 aromatic heterocycles. The van der Waals surface area contributed by atoms with E-state index in [1.807, 2.05) is 25.1 Å². The number of carbonyl (C=O) groups excluding carboxylic acids is 2. The van der Waals surface area contributed by atoms with Gasteiger partial charge in [-0.1, -0.05) is 57.0 Å². The molecule has 3 unspecified atom stereocenters. The highest BCUT2D eigenvalue weighted by atomic mass is 16.2. The second-order valence-corrected chi connectivity index (χ2v) is 6.80. The number of nitrogens with zero attached hydrogens (tertiary/aromatic N) is 1. The van der Waals surface area contributed by atoms with Crippen molar-refractivity contribution >= 4 is 11.7 Å². The van der Waals surface area contributed by atoms with Crippen LogP contribution in [0.3, 0.4) is 0 Å². The van der Waals surface area contributed by atoms with Gasteiger partial charge >= 0.3 is 0 Å². The molecule has 0 aliphatic heterocycles. The zero-order valence-corrected chi connectivity index (χ0v) is 13.9. The predicted octanol–water partition coefficient (Wildman–Crippen LogP) is 3.79. The number of ketones is 1. The standard InChI is InChI=1S/C19H27NO2/c1-14-8-7-11-17(12-14)15(2)19(22)20(3)13-18(21)16-9-5-4-6-10-16/h4-6,9-10,14-15,17H,7-8,11-13H2,1-3H3. The highest BCUT2D eigenvalue weighted by molar-refractivity contribution is 5.99. The molecule has 0 heterocycles. The average Bonchev–Trinajstić information content (AvgIpc) is 2.54. The second-order valence-electron chi connectivity index (χ2n) is 6.80. The van der Waals surface area contributed by atoms with E-state index in [4.69, 9.17) is 0 Å². The monoisotopic (exact) mass is 301 g/mol. The highest BCUT2D eigenvalue weighted by Gasteiger charge is 2.30. The van der Waals surface area contributed by atoms with Crippen LogP contribution >= 0.6 is 0 Å². The second kappa shape index (κ2) is 7.57. The summed E-state index contributed by atoms with van der Waals surface area (Å²) in [7, 11) is 1.74. The van der Waals surface area contributed by atoms with Gasteiger partial charge in [0.05, 0.1) is 6.54 Å². The first-order valence-electron chi connectivity index (χ1n) is 8.32. The van der Waals surface area contributed by atoms with Crippen molar-refractivity contribution in [2.45, 2.75) is 39.5 Å². The van der Waals surface area contributed by atoms with E-state index in [2.05, 4.69) is 6.92 Å². The zero-order valence-electron chi connectivity index (χ0n) is 13.9. The van der Waals surface area contributed by atoms with Gasteiger partial charge in [-0.15, -0.1) is 0 Å². The third kappa shape index (κ3) is 4.19. The Hall–Kier alpha value is -1.64. The Balaban J connectivity index is 1.92. The molecule has 1 aromatic carbocycles. The molecule has 0 spiro atoms. The van der Waals surface area contributed by atoms with E-state index in [0.29, 0.717) is 17.4 Å². The molecule has 0 N–H and O–H groups in total. The van der Waals surface area contributed by atoms with Gasteiger partial charge in [0.25, 0.3) is 0 Å². The van der Waals surface area contributed by atoms with Gasteiger partial charge in [0.2, 0.25) is 5.91 Å². The first kappa shape index (κ1) is 16.7. The van der Waals surface area contributed by atoms with Gasteiger partial charge in [0.1, 0.15) is 0 Å². The Kier molecular flexibility index (Phi) is 5.76. The summed E-state index contributed by atoms with van der Waals surface area (Å²) in [5, 5.41) is 0. The van der Waals surface area contributed by atoms with Gasteiger partial charge in [0, 0.05) is 18.5 Å². The molecule has 1 fully saturated rings. The lowest BCUT2D eigenvalue weighted by molar-refractivity contribution is -0.135. The van der Waals surface area contributed by atoms with Gasteiger partial charge < -0.3 is 4.90 Å². The summed E-state index contributed by atoms with van der Waals surface area (Å²) in [5.74, 6) is 1.29. The van der Waals surface area contributed by atoms with Crippen molar-refractivity contribution in [2.24, 2.45) is 17.8 Å². The third-order valence-electron chi connectivity index (χ3n) is 4.93. The fourth-order valence-electron chi connectivity index (χ4n) is 3.49. The molecular weight excluding hydrogens is 274 g/mol. The number of hydrogen-bond acceptors (Lipinski definition) is 2. The lowest BCUT2D eigenvalue weighted by Crippen LogP contribution is -2.39. The van der Waals surface area contributed by atoms with E-state index in [9.17, 15) is 9.59 Å². The Bertz CT molecular complexity index is 511. The van der Waals surface area contributed by atoms with Crippen LogP contribution in [-0.2, 0) is 4.79 Å². The molecule has 1 saturated carbocycles. The summed E-state index contributed by atoms with van der Waals surface area (Å²) in [6, 6.07) is 9.18. The molecule has 3 nitrogen and oxygen atoms in total. The van der Waals surface area contributed by atoms with Crippen molar-refractivity contribution in [3.05, 3.63) is 35.9 Å². The summed E-state index contributed by atoms with van der Waals surface area (Å²) < 4.78 is 0. The molecular formula is C19H27NO2. The van der Waals surface area contributed by atoms with Crippen LogP contribution in [0.2, 0.25) is 0 Å². The number of likely N-dealkylation sites (N-methyl/N-ethyl adjacent to an activating group) is 1. The molecule has 2 rings (SSSR count). The van der Waals surface area contributed by atoms with Crippen LogP contribution in [0.15, 0.2) is 30.3 Å². The number of carbonyl (C=O) groups is 2. The maximum Gasteiger partial charge on any atom is 0.225 e. The maximum atomic E-state index is 12.6. The van der Waals surface area contributed by atoms with Crippen LogP contribution in [0.5, 0.6) is 0 Å². The summed E-state index contributed by atoms with van der Waals surface area (Å²) in [4.78, 5) is 26.4. The molecule has 1 aliphatic carbocycles. The lowest BCUT2D eigenvalue weighted by Gasteiger charge is -2.32. The fourth-order valence-corrected chi connectivity index (χ4v) is 3.49. The molecule has 1 aliphatic rings. The van der Waals surface area contributed by atoms with Crippen molar-refractivity contribution in [3.63, 3.8) is 0 Å². The summed E-state index contributed by atoms with van der Waals surface area (Å²) in [5.41, 5.74) is 0.668. The maximum absolute atomic E-state index is 12.6. The molecule has 0 saturated heterocycles. The van der Waals surface area contributed by atoms with Gasteiger partial charge in [-0.2, -0.15) is 0 Å². The molecule has 1 aromatic rings. The van der Waals surface area contributed by atoms with Crippen LogP contribution in [0.4, 0.5) is 0 Å². The molecule has 1 amide bonds. The zero-order chi connectivity index (χ0) is 16.1. The van der Waals surface area contributed by atoms with E-state index in [-0.39, 0.29) is 24.2 Å². The van der Waals surface area contributed by atoms with Crippen LogP contribution in [0, 0.1) is 17.8 Å². The van der Waals surface area contributed by atoms with Crippen molar-refractivity contribution < 1.29 is 9.59 Å². The number of amides is 1. The molecule has 3 heteroatoms. The van der Waals surface area contributed by atoms with Crippen molar-refractivity contribution in [1.82, 2.24) is 4.90 Å². The van der Waals surface area contributed by atoms with E-state index < -0.39 is 0 Å². The first-order chi connectivity index (χ1) is 10.5. The summed E-state index contributed by atoms with van der Waals surface area (Å²) >= 11 is 0. The van der Waals surface area contributed by atoms with Gasteiger partial charge in [0.15, 0.2) is 5.78 Å². The molecule has 0 radical (unpaired) electrons. The van der Waals surface area contributed by atoms with Gasteiger partial charge in [-0.05, 0) is 24.7 Å². The highest BCUT2D eigenvalue weighted by Crippen LogP contribution is 2.34. The first-order valence-corrected chi connectivity index (χ1v) is 8.32. The SMILES string of the molecule is CC1CCCC(C(C)C(=O)N(C)CC(=O)c2ccccc2)C1. The Morgan fingerprint density at radius 2 is 1.91 bits per heavy atom. The van der Waals surface area contributed by atoms with Crippen LogP contribution in [0.25, 0.3) is 0 Å². The fraction of sp³-hybridized carbons (Fsp3) is 0.579. The molecule has 0 bridgehead atoms. The number of rotatable bonds is 5. The minimum Gasteiger partial charge on any atom is -0.338 e. The lowest BCUT2D eigenvalue weighted by atomic mass is 9.76.